The first-order valence-electron chi connectivity index (χ1n) is 13.4. The minimum Gasteiger partial charge on any atom is -0.508 e. The van der Waals surface area contributed by atoms with Gasteiger partial charge in [0.25, 0.3) is 0 Å². The molecule has 2 unspecified atom stereocenters. The lowest BCUT2D eigenvalue weighted by Gasteiger charge is -2.35. The minimum atomic E-state index is -0.876. The summed E-state index contributed by atoms with van der Waals surface area (Å²) in [5, 5.41) is 15.8. The van der Waals surface area contributed by atoms with Crippen LogP contribution in [0.4, 0.5) is 4.79 Å². The molecule has 0 heterocycles. The van der Waals surface area contributed by atoms with Crippen LogP contribution in [-0.2, 0) is 14.3 Å². The summed E-state index contributed by atoms with van der Waals surface area (Å²) in [5.74, 6) is 0.200. The number of phenols is 1. The standard InChI is InChI=1S/C28H45N3O5S/c1-6-7-18-31(26(34)23(17-19-37-5)30-27(35)36-28(2,3)4)24(20-13-15-22(32)16-14-20)25(33)29-21-11-9-8-10-12-21/h13-16,21,23-24,32H,6-12,17-19H2,1-5H3,(H,29,33)(H,30,35). The van der Waals surface area contributed by atoms with Crippen molar-refractivity contribution in [3.05, 3.63) is 29.8 Å². The van der Waals surface area contributed by atoms with E-state index in [0.29, 0.717) is 30.7 Å². The number of aromatic hydroxyl groups is 1. The van der Waals surface area contributed by atoms with Gasteiger partial charge in [-0.2, -0.15) is 11.8 Å². The number of benzene rings is 1. The molecule has 0 spiro atoms. The molecule has 1 aromatic rings. The minimum absolute atomic E-state index is 0.0798. The van der Waals surface area contributed by atoms with E-state index >= 15 is 0 Å². The van der Waals surface area contributed by atoms with Crippen molar-refractivity contribution in [1.82, 2.24) is 15.5 Å². The molecule has 2 atom stereocenters. The number of amides is 3. The van der Waals surface area contributed by atoms with Crippen molar-refractivity contribution in [1.29, 1.82) is 0 Å². The molecule has 0 bridgehead atoms. The Hall–Kier alpha value is -2.42. The number of carbonyl (C=O) groups is 3. The van der Waals surface area contributed by atoms with E-state index in [1.165, 1.54) is 18.6 Å². The molecule has 0 aromatic heterocycles. The van der Waals surface area contributed by atoms with Crippen LogP contribution in [0.1, 0.15) is 90.7 Å². The van der Waals surface area contributed by atoms with Gasteiger partial charge >= 0.3 is 6.09 Å². The van der Waals surface area contributed by atoms with Gasteiger partial charge in [0.1, 0.15) is 23.4 Å². The molecule has 0 aliphatic heterocycles. The molecule has 8 nitrogen and oxygen atoms in total. The van der Waals surface area contributed by atoms with Gasteiger partial charge in [-0.25, -0.2) is 4.79 Å². The number of ether oxygens (including phenoxy) is 1. The molecular weight excluding hydrogens is 490 g/mol. The Morgan fingerprint density at radius 3 is 2.35 bits per heavy atom. The number of nitrogens with zero attached hydrogens (tertiary/aromatic N) is 1. The monoisotopic (exact) mass is 535 g/mol. The molecule has 3 N–H and O–H groups in total. The Morgan fingerprint density at radius 2 is 1.78 bits per heavy atom. The average molecular weight is 536 g/mol. The van der Waals surface area contributed by atoms with Crippen LogP contribution >= 0.6 is 11.8 Å². The molecule has 9 heteroatoms. The molecule has 0 radical (unpaired) electrons. The molecule has 208 valence electrons. The molecule has 3 amide bonds. The molecule has 1 aliphatic rings. The summed E-state index contributed by atoms with van der Waals surface area (Å²) in [4.78, 5) is 42.0. The van der Waals surface area contributed by atoms with Gasteiger partial charge in [-0.15, -0.1) is 0 Å². The Balaban J connectivity index is 2.41. The number of alkyl carbamates (subject to hydrolysis) is 1. The number of unbranched alkanes of at least 4 members (excludes halogenated alkanes) is 1. The van der Waals surface area contributed by atoms with Gasteiger partial charge in [0.15, 0.2) is 0 Å². The smallest absolute Gasteiger partial charge is 0.408 e. The van der Waals surface area contributed by atoms with Crippen LogP contribution < -0.4 is 10.6 Å². The third kappa shape index (κ3) is 10.5. The molecule has 2 rings (SSSR count). The van der Waals surface area contributed by atoms with Gasteiger partial charge in [0, 0.05) is 12.6 Å². The van der Waals surface area contributed by atoms with Crippen LogP contribution in [0.2, 0.25) is 0 Å². The third-order valence-corrected chi connectivity index (χ3v) is 7.00. The van der Waals surface area contributed by atoms with Crippen LogP contribution in [0, 0.1) is 0 Å². The number of hydrogen-bond acceptors (Lipinski definition) is 6. The Kier molecular flexibility index (Phi) is 12.6. The predicted molar refractivity (Wildman–Crippen MR) is 149 cm³/mol. The van der Waals surface area contributed by atoms with Gasteiger partial charge in [-0.3, -0.25) is 9.59 Å². The molecule has 37 heavy (non-hydrogen) atoms. The molecule has 1 saturated carbocycles. The maximum Gasteiger partial charge on any atom is 0.408 e. The lowest BCUT2D eigenvalue weighted by molar-refractivity contribution is -0.143. The van der Waals surface area contributed by atoms with E-state index in [9.17, 15) is 19.5 Å². The predicted octanol–water partition coefficient (Wildman–Crippen LogP) is 5.16. The summed E-state index contributed by atoms with van der Waals surface area (Å²) in [6, 6.07) is 4.80. The molecule has 1 aromatic carbocycles. The quantitative estimate of drug-likeness (QED) is 0.341. The number of phenolic OH excluding ortho intramolecular Hbond substituents is 1. The molecule has 0 saturated heterocycles. The largest absolute Gasteiger partial charge is 0.508 e. The van der Waals surface area contributed by atoms with Crippen LogP contribution in [0.3, 0.4) is 0 Å². The van der Waals surface area contributed by atoms with Crippen molar-refractivity contribution in [3.63, 3.8) is 0 Å². The fourth-order valence-corrected chi connectivity index (χ4v) is 4.97. The van der Waals surface area contributed by atoms with Gasteiger partial charge in [-0.1, -0.05) is 44.7 Å². The molecular formula is C28H45N3O5S. The van der Waals surface area contributed by atoms with Gasteiger partial charge in [0.2, 0.25) is 11.8 Å². The van der Waals surface area contributed by atoms with Crippen molar-refractivity contribution >= 4 is 29.7 Å². The first-order valence-corrected chi connectivity index (χ1v) is 14.8. The second-order valence-electron chi connectivity index (χ2n) is 10.7. The molecule has 1 fully saturated rings. The van der Waals surface area contributed by atoms with Crippen LogP contribution in [0.15, 0.2) is 24.3 Å². The zero-order valence-electron chi connectivity index (χ0n) is 23.0. The SMILES string of the molecule is CCCCN(C(=O)C(CCSC)NC(=O)OC(C)(C)C)C(C(=O)NC1CCCCC1)c1ccc(O)cc1. The Bertz CT molecular complexity index is 866. The highest BCUT2D eigenvalue weighted by atomic mass is 32.2. The number of thioether (sulfide) groups is 1. The maximum atomic E-state index is 14.1. The summed E-state index contributed by atoms with van der Waals surface area (Å²) in [5.41, 5.74) is -0.0791. The van der Waals surface area contributed by atoms with Gasteiger partial charge in [-0.05, 0) is 76.2 Å². The molecule has 1 aliphatic carbocycles. The summed E-state index contributed by atoms with van der Waals surface area (Å²) < 4.78 is 5.43. The third-order valence-electron chi connectivity index (χ3n) is 6.36. The topological polar surface area (TPSA) is 108 Å². The first-order chi connectivity index (χ1) is 17.6. The second-order valence-corrected chi connectivity index (χ2v) is 11.7. The number of hydrogen-bond donors (Lipinski definition) is 3. The highest BCUT2D eigenvalue weighted by molar-refractivity contribution is 7.98. The van der Waals surface area contributed by atoms with Crippen molar-refractivity contribution < 1.29 is 24.2 Å². The fourth-order valence-electron chi connectivity index (χ4n) is 4.49. The van der Waals surface area contributed by atoms with E-state index < -0.39 is 23.8 Å². The van der Waals surface area contributed by atoms with Crippen molar-refractivity contribution in [2.24, 2.45) is 0 Å². The van der Waals surface area contributed by atoms with E-state index in [0.717, 1.165) is 32.1 Å². The normalized spacial score (nSPS) is 15.9. The van der Waals surface area contributed by atoms with E-state index in [-0.39, 0.29) is 23.6 Å². The van der Waals surface area contributed by atoms with Crippen LogP contribution in [0.25, 0.3) is 0 Å². The zero-order chi connectivity index (χ0) is 27.4. The average Bonchev–Trinajstić information content (AvgIpc) is 2.84. The van der Waals surface area contributed by atoms with Crippen LogP contribution in [0.5, 0.6) is 5.75 Å². The number of carbonyl (C=O) groups excluding carboxylic acids is 3. The maximum absolute atomic E-state index is 14.1. The highest BCUT2D eigenvalue weighted by Crippen LogP contribution is 2.27. The summed E-state index contributed by atoms with van der Waals surface area (Å²) in [7, 11) is 0. The zero-order valence-corrected chi connectivity index (χ0v) is 23.9. The lowest BCUT2D eigenvalue weighted by Crippen LogP contribution is -2.54. The summed E-state index contributed by atoms with van der Waals surface area (Å²) in [6.45, 7) is 7.72. The van der Waals surface area contributed by atoms with E-state index in [1.807, 2.05) is 13.2 Å². The Morgan fingerprint density at radius 1 is 1.14 bits per heavy atom. The number of rotatable bonds is 12. The Labute approximate surface area is 226 Å². The van der Waals surface area contributed by atoms with E-state index in [2.05, 4.69) is 10.6 Å². The van der Waals surface area contributed by atoms with Crippen LogP contribution in [-0.4, -0.2) is 64.2 Å². The first kappa shape index (κ1) is 30.8. The van der Waals surface area contributed by atoms with Gasteiger partial charge in [0.05, 0.1) is 0 Å². The van der Waals surface area contributed by atoms with E-state index in [4.69, 9.17) is 4.74 Å². The van der Waals surface area contributed by atoms with Crippen molar-refractivity contribution in [2.75, 3.05) is 18.6 Å². The van der Waals surface area contributed by atoms with Gasteiger partial charge < -0.3 is 25.4 Å². The number of nitrogens with one attached hydrogen (secondary N) is 2. The van der Waals surface area contributed by atoms with Crippen molar-refractivity contribution in [3.8, 4) is 5.75 Å². The lowest BCUT2D eigenvalue weighted by atomic mass is 9.94. The summed E-state index contributed by atoms with van der Waals surface area (Å²) in [6.07, 6.45) is 8.41. The summed E-state index contributed by atoms with van der Waals surface area (Å²) >= 11 is 1.58. The second kappa shape index (κ2) is 15.1. The fraction of sp³-hybridized carbons (Fsp3) is 0.679. The van der Waals surface area contributed by atoms with Crippen molar-refractivity contribution in [2.45, 2.75) is 103 Å². The van der Waals surface area contributed by atoms with E-state index in [1.54, 1.807) is 49.6 Å². The highest BCUT2D eigenvalue weighted by Gasteiger charge is 2.36.